The Balaban J connectivity index is 3.13. The zero-order valence-corrected chi connectivity index (χ0v) is 15.1. The summed E-state index contributed by atoms with van der Waals surface area (Å²) in [5.41, 5.74) is 0. The average Bonchev–Trinajstić information content (AvgIpc) is 2.56. The number of ether oxygens (including phenoxy) is 2. The molecule has 0 heterocycles. The van der Waals surface area contributed by atoms with E-state index in [1.807, 2.05) is 0 Å². The predicted molar refractivity (Wildman–Crippen MR) is 96.6 cm³/mol. The van der Waals surface area contributed by atoms with E-state index in [9.17, 15) is 4.79 Å². The van der Waals surface area contributed by atoms with Crippen LogP contribution in [0.1, 0.15) is 84.0 Å². The summed E-state index contributed by atoms with van der Waals surface area (Å²) in [5.74, 6) is 0. The highest BCUT2D eigenvalue weighted by Gasteiger charge is 2.00. The fourth-order valence-electron chi connectivity index (χ4n) is 2.39. The van der Waals surface area contributed by atoms with Crippen molar-refractivity contribution in [1.82, 2.24) is 5.32 Å². The van der Waals surface area contributed by atoms with Crippen LogP contribution in [0.5, 0.6) is 0 Å². The van der Waals surface area contributed by atoms with Crippen LogP contribution in [-0.4, -0.2) is 25.9 Å². The molecule has 0 aromatic rings. The van der Waals surface area contributed by atoms with Crippen molar-refractivity contribution in [2.45, 2.75) is 84.0 Å². The lowest BCUT2D eigenvalue weighted by atomic mass is 10.1. The van der Waals surface area contributed by atoms with Gasteiger partial charge in [0.15, 0.2) is 0 Å². The molecule has 0 saturated carbocycles. The molecule has 23 heavy (non-hydrogen) atoms. The quantitative estimate of drug-likeness (QED) is 0.280. The smallest absolute Gasteiger partial charge is 0.407 e. The van der Waals surface area contributed by atoms with Crippen LogP contribution in [0.25, 0.3) is 0 Å². The molecule has 0 aromatic carbocycles. The monoisotopic (exact) mass is 327 g/mol. The first kappa shape index (κ1) is 21.8. The number of unbranched alkanes of at least 4 members (excludes halogenated alkanes) is 10. The summed E-state index contributed by atoms with van der Waals surface area (Å²) in [6, 6.07) is 0. The van der Waals surface area contributed by atoms with Gasteiger partial charge in [-0.1, -0.05) is 71.3 Å². The molecule has 0 fully saturated rings. The molecule has 1 N–H and O–H groups in total. The first-order chi connectivity index (χ1) is 11.3. The van der Waals surface area contributed by atoms with Gasteiger partial charge in [-0.2, -0.15) is 0 Å². The van der Waals surface area contributed by atoms with Gasteiger partial charge >= 0.3 is 6.09 Å². The van der Waals surface area contributed by atoms with Gasteiger partial charge in [0.05, 0.1) is 19.5 Å². The standard InChI is InChI=1S/C19H37NO3/c1-3-5-6-7-8-9-10-11-12-14-18-23-19(21)20-16-13-15-17-22-4-2/h4H,2-3,5-18H2,1H3,(H,20,21). The Morgan fingerprint density at radius 3 is 2.04 bits per heavy atom. The van der Waals surface area contributed by atoms with Crippen LogP contribution in [0.2, 0.25) is 0 Å². The highest BCUT2D eigenvalue weighted by molar-refractivity contribution is 5.66. The van der Waals surface area contributed by atoms with E-state index in [0.717, 1.165) is 25.7 Å². The maximum absolute atomic E-state index is 11.4. The molecule has 136 valence electrons. The van der Waals surface area contributed by atoms with Gasteiger partial charge in [-0.05, 0) is 19.3 Å². The lowest BCUT2D eigenvalue weighted by Gasteiger charge is -2.07. The van der Waals surface area contributed by atoms with Crippen molar-refractivity contribution < 1.29 is 14.3 Å². The highest BCUT2D eigenvalue weighted by Crippen LogP contribution is 2.10. The average molecular weight is 328 g/mol. The maximum Gasteiger partial charge on any atom is 0.407 e. The molecule has 4 nitrogen and oxygen atoms in total. The molecule has 0 aliphatic rings. The number of amides is 1. The van der Waals surface area contributed by atoms with Gasteiger partial charge in [0.2, 0.25) is 0 Å². The Kier molecular flexibility index (Phi) is 17.9. The molecule has 0 aliphatic carbocycles. The minimum absolute atomic E-state index is 0.300. The first-order valence-electron chi connectivity index (χ1n) is 9.44. The van der Waals surface area contributed by atoms with E-state index < -0.39 is 0 Å². The molecule has 0 aromatic heterocycles. The van der Waals surface area contributed by atoms with E-state index in [2.05, 4.69) is 18.8 Å². The van der Waals surface area contributed by atoms with E-state index in [1.165, 1.54) is 57.6 Å². The van der Waals surface area contributed by atoms with Gasteiger partial charge in [-0.15, -0.1) is 0 Å². The zero-order valence-electron chi connectivity index (χ0n) is 15.1. The van der Waals surface area contributed by atoms with Crippen molar-refractivity contribution in [1.29, 1.82) is 0 Å². The topological polar surface area (TPSA) is 47.6 Å². The van der Waals surface area contributed by atoms with E-state index in [4.69, 9.17) is 9.47 Å². The zero-order chi connectivity index (χ0) is 17.0. The summed E-state index contributed by atoms with van der Waals surface area (Å²) in [6.45, 7) is 7.54. The number of carbonyl (C=O) groups is 1. The normalized spacial score (nSPS) is 10.3. The van der Waals surface area contributed by atoms with E-state index >= 15 is 0 Å². The minimum atomic E-state index is -0.300. The van der Waals surface area contributed by atoms with Crippen molar-refractivity contribution >= 4 is 6.09 Å². The lowest BCUT2D eigenvalue weighted by Crippen LogP contribution is -2.25. The Morgan fingerprint density at radius 2 is 1.43 bits per heavy atom. The van der Waals surface area contributed by atoms with Crippen LogP contribution in [0.15, 0.2) is 12.8 Å². The van der Waals surface area contributed by atoms with Crippen molar-refractivity contribution in [3.05, 3.63) is 12.8 Å². The van der Waals surface area contributed by atoms with Gasteiger partial charge in [-0.25, -0.2) is 4.79 Å². The van der Waals surface area contributed by atoms with Crippen molar-refractivity contribution in [3.63, 3.8) is 0 Å². The SMILES string of the molecule is C=COCCCCNC(=O)OCCCCCCCCCCCC. The summed E-state index contributed by atoms with van der Waals surface area (Å²) < 4.78 is 10.1. The summed E-state index contributed by atoms with van der Waals surface area (Å²) in [4.78, 5) is 11.4. The fraction of sp³-hybridized carbons (Fsp3) is 0.842. The molecule has 0 spiro atoms. The summed E-state index contributed by atoms with van der Waals surface area (Å²) in [6.07, 6.45) is 15.8. The third-order valence-electron chi connectivity index (χ3n) is 3.81. The summed E-state index contributed by atoms with van der Waals surface area (Å²) in [7, 11) is 0. The third kappa shape index (κ3) is 18.8. The minimum Gasteiger partial charge on any atom is -0.502 e. The molecular weight excluding hydrogens is 290 g/mol. The molecule has 0 rings (SSSR count). The number of rotatable bonds is 17. The van der Waals surface area contributed by atoms with Gasteiger partial charge in [0.1, 0.15) is 0 Å². The molecule has 0 radical (unpaired) electrons. The molecule has 0 bridgehead atoms. The van der Waals surface area contributed by atoms with Crippen LogP contribution < -0.4 is 5.32 Å². The van der Waals surface area contributed by atoms with Gasteiger partial charge in [0.25, 0.3) is 0 Å². The molecule has 0 atom stereocenters. The number of hydrogen-bond acceptors (Lipinski definition) is 3. The predicted octanol–water partition coefficient (Wildman–Crippen LogP) is 5.57. The molecule has 0 aliphatic heterocycles. The van der Waals surface area contributed by atoms with Crippen molar-refractivity contribution in [2.75, 3.05) is 19.8 Å². The Bertz CT molecular complexity index is 269. The van der Waals surface area contributed by atoms with E-state index in [1.54, 1.807) is 0 Å². The Morgan fingerprint density at radius 1 is 0.870 bits per heavy atom. The highest BCUT2D eigenvalue weighted by atomic mass is 16.5. The second-order valence-electron chi connectivity index (χ2n) is 5.99. The number of carbonyl (C=O) groups excluding carboxylic acids is 1. The molecule has 4 heteroatoms. The van der Waals surface area contributed by atoms with Gasteiger partial charge in [0, 0.05) is 6.54 Å². The largest absolute Gasteiger partial charge is 0.502 e. The third-order valence-corrected chi connectivity index (χ3v) is 3.81. The number of nitrogens with one attached hydrogen (secondary N) is 1. The number of hydrogen-bond donors (Lipinski definition) is 1. The molecule has 1 amide bonds. The lowest BCUT2D eigenvalue weighted by molar-refractivity contribution is 0.143. The summed E-state index contributed by atoms with van der Waals surface area (Å²) >= 11 is 0. The second-order valence-corrected chi connectivity index (χ2v) is 5.99. The Hall–Kier alpha value is -1.19. The van der Waals surface area contributed by atoms with Crippen LogP contribution in [-0.2, 0) is 9.47 Å². The maximum atomic E-state index is 11.4. The van der Waals surface area contributed by atoms with Crippen LogP contribution in [0.4, 0.5) is 4.79 Å². The van der Waals surface area contributed by atoms with Crippen LogP contribution >= 0.6 is 0 Å². The van der Waals surface area contributed by atoms with Crippen LogP contribution in [0.3, 0.4) is 0 Å². The van der Waals surface area contributed by atoms with Gasteiger partial charge < -0.3 is 14.8 Å². The molecule has 0 saturated heterocycles. The van der Waals surface area contributed by atoms with E-state index in [-0.39, 0.29) is 6.09 Å². The molecule has 0 unspecified atom stereocenters. The first-order valence-corrected chi connectivity index (χ1v) is 9.44. The fourth-order valence-corrected chi connectivity index (χ4v) is 2.39. The molecular formula is C19H37NO3. The Labute approximate surface area is 143 Å². The van der Waals surface area contributed by atoms with E-state index in [0.29, 0.717) is 19.8 Å². The van der Waals surface area contributed by atoms with Crippen molar-refractivity contribution in [2.24, 2.45) is 0 Å². The second kappa shape index (κ2) is 18.9. The van der Waals surface area contributed by atoms with Crippen LogP contribution in [0, 0.1) is 0 Å². The number of alkyl carbamates (subject to hydrolysis) is 1. The van der Waals surface area contributed by atoms with Gasteiger partial charge in [-0.3, -0.25) is 0 Å². The summed E-state index contributed by atoms with van der Waals surface area (Å²) in [5, 5.41) is 2.75. The van der Waals surface area contributed by atoms with Crippen molar-refractivity contribution in [3.8, 4) is 0 Å².